The van der Waals surface area contributed by atoms with E-state index in [9.17, 15) is 43.5 Å². The number of allylic oxidation sites excluding steroid dienone is 1. The minimum absolute atomic E-state index is 0.0327. The van der Waals surface area contributed by atoms with Gasteiger partial charge in [0, 0.05) is 19.0 Å². The van der Waals surface area contributed by atoms with Gasteiger partial charge in [-0.3, -0.25) is 23.2 Å². The Kier molecular flexibility index (Phi) is 31.5. The number of carbonyl (C=O) groups is 2. The van der Waals surface area contributed by atoms with E-state index in [0.717, 1.165) is 81.1 Å². The fraction of sp³-hybridized carbons (Fsp3) is 0.840. The van der Waals surface area contributed by atoms with Crippen LogP contribution >= 0.6 is 15.6 Å². The van der Waals surface area contributed by atoms with E-state index in [0.29, 0.717) is 25.0 Å². The first-order valence-electron chi connectivity index (χ1n) is 26.7. The Balaban J connectivity index is 1.38. The largest absolute Gasteiger partial charge is 0.481 e. The zero-order chi connectivity index (χ0) is 51.9. The number of carbonyl (C=O) groups excluding carboxylic acids is 2. The number of nitrogen functional groups attached to an aromatic ring is 1. The van der Waals surface area contributed by atoms with Gasteiger partial charge >= 0.3 is 33.3 Å². The number of aromatic nitrogens is 2. The average Bonchev–Trinajstić information content (AvgIpc) is 4.00. The summed E-state index contributed by atoms with van der Waals surface area (Å²) in [6.07, 6.45) is 27.4. The van der Waals surface area contributed by atoms with E-state index in [1.165, 1.54) is 95.7 Å². The fourth-order valence-electron chi connectivity index (χ4n) is 8.45. The highest BCUT2D eigenvalue weighted by Gasteiger charge is 2.46. The number of nitrogens with two attached hydrogens (primary N) is 1. The predicted octanol–water partition coefficient (Wildman–Crippen LogP) is 10.1. The molecule has 0 spiro atoms. The van der Waals surface area contributed by atoms with Crippen molar-refractivity contribution in [2.75, 3.05) is 25.6 Å². The zero-order valence-corrected chi connectivity index (χ0v) is 44.7. The van der Waals surface area contributed by atoms with Gasteiger partial charge in [-0.25, -0.2) is 13.9 Å². The fourth-order valence-corrected chi connectivity index (χ4v) is 10.6. The number of phosphoric acid groups is 2. The van der Waals surface area contributed by atoms with Gasteiger partial charge in [-0.15, -0.1) is 0 Å². The molecule has 4 unspecified atom stereocenters. The van der Waals surface area contributed by atoms with Gasteiger partial charge in [0.2, 0.25) is 0 Å². The highest BCUT2D eigenvalue weighted by Crippen LogP contribution is 2.60. The lowest BCUT2D eigenvalue weighted by molar-refractivity contribution is -0.161. The Bertz CT molecular complexity index is 1820. The van der Waals surface area contributed by atoms with Crippen LogP contribution in [-0.2, 0) is 51.0 Å². The molecule has 2 saturated heterocycles. The van der Waals surface area contributed by atoms with Gasteiger partial charge in [0.15, 0.2) is 12.3 Å². The third kappa shape index (κ3) is 28.6. The van der Waals surface area contributed by atoms with E-state index >= 15 is 0 Å². The number of unbranched alkanes of at least 4 members (excludes halogenated alkanes) is 20. The molecule has 9 atom stereocenters. The molecule has 0 aromatic carbocycles. The molecular formula is C50H89N3O16P2. The number of anilines is 1. The van der Waals surface area contributed by atoms with Crippen molar-refractivity contribution in [2.24, 2.45) is 5.92 Å². The molecule has 0 radical (unpaired) electrons. The summed E-state index contributed by atoms with van der Waals surface area (Å²) in [5.74, 6) is -0.510. The van der Waals surface area contributed by atoms with Crippen molar-refractivity contribution in [3.8, 4) is 0 Å². The van der Waals surface area contributed by atoms with Crippen LogP contribution in [0.3, 0.4) is 0 Å². The average molecular weight is 1050 g/mol. The maximum absolute atomic E-state index is 12.9. The number of epoxide rings is 1. The molecule has 1 aromatic heterocycles. The molecule has 0 aliphatic carbocycles. The van der Waals surface area contributed by atoms with Gasteiger partial charge in [0.1, 0.15) is 30.7 Å². The topological polar surface area (TPSA) is 278 Å². The quantitative estimate of drug-likeness (QED) is 0.0134. The van der Waals surface area contributed by atoms with Crippen LogP contribution in [-0.4, -0.2) is 97.9 Å². The van der Waals surface area contributed by atoms with E-state index in [4.69, 9.17) is 33.7 Å². The maximum Gasteiger partial charge on any atom is 0.481 e. The number of hydrogen-bond donors (Lipinski definition) is 5. The van der Waals surface area contributed by atoms with Gasteiger partial charge in [0.05, 0.1) is 25.4 Å². The third-order valence-corrected chi connectivity index (χ3v) is 15.3. The van der Waals surface area contributed by atoms with E-state index < -0.39 is 83.7 Å². The van der Waals surface area contributed by atoms with Crippen LogP contribution in [0.4, 0.5) is 5.82 Å². The van der Waals surface area contributed by atoms with E-state index in [1.54, 1.807) is 0 Å². The van der Waals surface area contributed by atoms with Crippen LogP contribution in [0.5, 0.6) is 0 Å². The van der Waals surface area contributed by atoms with E-state index in [-0.39, 0.29) is 18.7 Å². The minimum atomic E-state index is -5.43. The Morgan fingerprint density at radius 1 is 0.732 bits per heavy atom. The molecule has 1 aromatic rings. The first-order chi connectivity index (χ1) is 34.0. The van der Waals surface area contributed by atoms with Crippen LogP contribution in [0.25, 0.3) is 0 Å². The molecule has 0 bridgehead atoms. The molecule has 410 valence electrons. The summed E-state index contributed by atoms with van der Waals surface area (Å²) >= 11 is 0. The number of aliphatic hydroxyl groups excluding tert-OH is 2. The van der Waals surface area contributed by atoms with Crippen molar-refractivity contribution in [2.45, 2.75) is 243 Å². The number of phosphoric ester groups is 2. The Labute approximate surface area is 422 Å². The normalized spacial score (nSPS) is 22.1. The zero-order valence-electron chi connectivity index (χ0n) is 42.9. The van der Waals surface area contributed by atoms with Crippen molar-refractivity contribution in [1.29, 1.82) is 0 Å². The molecule has 2 aliphatic rings. The SMILES string of the molecule is CCCCCC1OC1C/C=C\CCCCCCCC(=O)O[C@H](COC(=O)CCCCCCCCCCCCCCCCC(C)C)COP(=O)(O)OP(=O)(O)OC[C@H]1O[C@@H](n2ccc(N)nc2=O)[C@H](O)[C@@H]1O. The summed E-state index contributed by atoms with van der Waals surface area (Å²) in [4.78, 5) is 62.0. The van der Waals surface area contributed by atoms with Crippen molar-refractivity contribution in [3.05, 3.63) is 34.9 Å². The molecule has 3 heterocycles. The molecule has 2 aliphatic heterocycles. The number of ether oxygens (including phenoxy) is 4. The second kappa shape index (κ2) is 35.6. The maximum atomic E-state index is 12.9. The first kappa shape index (κ1) is 62.8. The number of nitrogens with zero attached hydrogens (tertiary/aromatic N) is 2. The number of hydrogen-bond acceptors (Lipinski definition) is 16. The smallest absolute Gasteiger partial charge is 0.462 e. The van der Waals surface area contributed by atoms with Crippen LogP contribution in [0.1, 0.15) is 207 Å². The Hall–Kier alpha value is -2.54. The summed E-state index contributed by atoms with van der Waals surface area (Å²) < 4.78 is 62.6. The lowest BCUT2D eigenvalue weighted by Gasteiger charge is -2.21. The third-order valence-electron chi connectivity index (χ3n) is 12.7. The summed E-state index contributed by atoms with van der Waals surface area (Å²) in [5.41, 5.74) is 4.59. The summed E-state index contributed by atoms with van der Waals surface area (Å²) in [6, 6.07) is 1.25. The van der Waals surface area contributed by atoms with Crippen LogP contribution in [0, 0.1) is 5.92 Å². The Morgan fingerprint density at radius 2 is 1.31 bits per heavy atom. The van der Waals surface area contributed by atoms with Crippen molar-refractivity contribution in [3.63, 3.8) is 0 Å². The minimum Gasteiger partial charge on any atom is -0.462 e. The van der Waals surface area contributed by atoms with Gasteiger partial charge in [-0.2, -0.15) is 9.29 Å². The number of rotatable bonds is 43. The van der Waals surface area contributed by atoms with E-state index in [1.807, 2.05) is 0 Å². The molecule has 71 heavy (non-hydrogen) atoms. The van der Waals surface area contributed by atoms with Gasteiger partial charge in [0.25, 0.3) is 0 Å². The van der Waals surface area contributed by atoms with Crippen LogP contribution < -0.4 is 11.4 Å². The second-order valence-electron chi connectivity index (χ2n) is 19.6. The standard InChI is InChI=1S/C50H89N3O16P2/c1-4-5-24-30-41-42(67-41)31-26-21-17-14-15-19-23-28-33-46(55)66-40(36-63-45(54)32-27-22-18-13-11-9-7-6-8-10-12-16-20-25-29-39(2)3)37-64-70(59,60)69-71(61,62)65-38-43-47(56)48(57)49(68-43)53-35-34-44(51)52-50(53)58/h21,26,34-35,39-43,47-49,56-57H,4-20,22-25,27-33,36-38H2,1-3H3,(H,59,60)(H,61,62)(H2,51,52,58)/b26-21-/t40-,41?,42?,43-,47-,48-,49-/m1/s1. The lowest BCUT2D eigenvalue weighted by atomic mass is 10.0. The molecule has 21 heteroatoms. The highest BCUT2D eigenvalue weighted by molar-refractivity contribution is 7.61. The van der Waals surface area contributed by atoms with E-state index in [2.05, 4.69) is 42.2 Å². The number of esters is 2. The first-order valence-corrected chi connectivity index (χ1v) is 29.7. The summed E-state index contributed by atoms with van der Waals surface area (Å²) in [7, 11) is -10.8. The predicted molar refractivity (Wildman–Crippen MR) is 270 cm³/mol. The van der Waals surface area contributed by atoms with Crippen LogP contribution in [0.15, 0.2) is 29.2 Å². The Morgan fingerprint density at radius 3 is 1.92 bits per heavy atom. The van der Waals surface area contributed by atoms with Gasteiger partial charge in [-0.05, 0) is 50.5 Å². The van der Waals surface area contributed by atoms with Crippen LogP contribution in [0.2, 0.25) is 0 Å². The lowest BCUT2D eigenvalue weighted by Crippen LogP contribution is -2.36. The van der Waals surface area contributed by atoms with Crippen molar-refractivity contribution in [1.82, 2.24) is 9.55 Å². The van der Waals surface area contributed by atoms with Gasteiger partial charge < -0.3 is 44.7 Å². The molecule has 6 N–H and O–H groups in total. The van der Waals surface area contributed by atoms with Crippen molar-refractivity contribution >= 4 is 33.4 Å². The summed E-state index contributed by atoms with van der Waals surface area (Å²) in [6.45, 7) is 4.46. The highest BCUT2D eigenvalue weighted by atomic mass is 31.3. The molecule has 3 rings (SSSR count). The second-order valence-corrected chi connectivity index (χ2v) is 22.6. The molecule has 2 fully saturated rings. The summed E-state index contributed by atoms with van der Waals surface area (Å²) in [5, 5.41) is 20.9. The molecular weight excluding hydrogens is 961 g/mol. The molecule has 0 saturated carbocycles. The monoisotopic (exact) mass is 1050 g/mol. The van der Waals surface area contributed by atoms with Crippen molar-refractivity contribution < 1.29 is 71.0 Å². The molecule has 0 amide bonds. The number of aliphatic hydroxyl groups is 2. The molecule has 19 nitrogen and oxygen atoms in total. The van der Waals surface area contributed by atoms with Gasteiger partial charge in [-0.1, -0.05) is 161 Å².